The molecule has 0 unspecified atom stereocenters. The van der Waals surface area contributed by atoms with Gasteiger partial charge in [-0.05, 0) is 23.8 Å². The van der Waals surface area contributed by atoms with Gasteiger partial charge in [0.25, 0.3) is 5.91 Å². The highest BCUT2D eigenvalue weighted by atomic mass is 16.6. The number of carbonyl (C=O) groups excluding carboxylic acids is 1. The van der Waals surface area contributed by atoms with E-state index in [2.05, 4.69) is 25.3 Å². The van der Waals surface area contributed by atoms with Gasteiger partial charge in [-0.25, -0.2) is 14.5 Å². The molecule has 12 nitrogen and oxygen atoms in total. The van der Waals surface area contributed by atoms with Crippen LogP contribution in [-0.2, 0) is 4.74 Å². The van der Waals surface area contributed by atoms with Crippen molar-refractivity contribution < 1.29 is 19.2 Å². The van der Waals surface area contributed by atoms with E-state index in [1.807, 2.05) is 6.07 Å². The molecule has 4 heterocycles. The molecule has 178 valence electrons. The van der Waals surface area contributed by atoms with Crippen molar-refractivity contribution in [3.05, 3.63) is 70.8 Å². The number of benzene rings is 1. The molecule has 3 aromatic heterocycles. The number of ether oxygens (including phenoxy) is 2. The van der Waals surface area contributed by atoms with Crippen molar-refractivity contribution in [1.82, 2.24) is 19.6 Å². The number of nitrogens with one attached hydrogen (secondary N) is 1. The van der Waals surface area contributed by atoms with E-state index in [4.69, 9.17) is 9.47 Å². The average Bonchev–Trinajstić information content (AvgIpc) is 3.34. The number of morpholine rings is 1. The topological polar surface area (TPSA) is 137 Å². The van der Waals surface area contributed by atoms with Crippen LogP contribution >= 0.6 is 0 Å². The predicted octanol–water partition coefficient (Wildman–Crippen LogP) is 2.80. The third-order valence-electron chi connectivity index (χ3n) is 5.64. The Morgan fingerprint density at radius 1 is 1.20 bits per heavy atom. The van der Waals surface area contributed by atoms with Gasteiger partial charge < -0.3 is 19.7 Å². The van der Waals surface area contributed by atoms with Gasteiger partial charge in [0.05, 0.1) is 37.1 Å². The standard InChI is InChI=1S/C23H21N7O5/c1-34-20-4-3-15(11-19(20)30(32)33)17-12-16(28-7-9-35-10-8-28)14-25-22(17)26-23(31)18-13-21-24-5-2-6-29(21)27-18/h2-6,11-14H,7-10H2,1H3,(H,25,26,31). The number of carbonyl (C=O) groups is 1. The van der Waals surface area contributed by atoms with Crippen LogP contribution in [-0.4, -0.2) is 63.8 Å². The van der Waals surface area contributed by atoms with Gasteiger partial charge in [-0.2, -0.15) is 5.10 Å². The number of anilines is 2. The van der Waals surface area contributed by atoms with Crippen LogP contribution in [0.15, 0.2) is 55.0 Å². The molecule has 1 aromatic carbocycles. The first kappa shape index (κ1) is 22.2. The molecule has 1 aliphatic rings. The number of rotatable bonds is 6. The molecular weight excluding hydrogens is 454 g/mol. The molecule has 4 aromatic rings. The summed E-state index contributed by atoms with van der Waals surface area (Å²) in [7, 11) is 1.37. The third-order valence-corrected chi connectivity index (χ3v) is 5.64. The molecule has 1 amide bonds. The fourth-order valence-corrected chi connectivity index (χ4v) is 3.88. The van der Waals surface area contributed by atoms with Gasteiger partial charge in [-0.3, -0.25) is 14.9 Å². The minimum atomic E-state index is -0.510. The summed E-state index contributed by atoms with van der Waals surface area (Å²) in [5, 5.41) is 18.7. The second-order valence-electron chi connectivity index (χ2n) is 7.74. The van der Waals surface area contributed by atoms with Gasteiger partial charge in [-0.1, -0.05) is 6.07 Å². The number of nitrogens with zero attached hydrogens (tertiary/aromatic N) is 6. The Kier molecular flexibility index (Phi) is 5.94. The Morgan fingerprint density at radius 3 is 2.77 bits per heavy atom. The molecule has 0 saturated carbocycles. The van der Waals surface area contributed by atoms with Gasteiger partial charge >= 0.3 is 5.69 Å². The Hall–Kier alpha value is -4.58. The number of nitro groups is 1. The van der Waals surface area contributed by atoms with Crippen molar-refractivity contribution >= 4 is 28.7 Å². The Labute approximate surface area is 199 Å². The lowest BCUT2D eigenvalue weighted by Crippen LogP contribution is -2.36. The van der Waals surface area contributed by atoms with Crippen LogP contribution in [0.2, 0.25) is 0 Å². The molecule has 1 fully saturated rings. The predicted molar refractivity (Wildman–Crippen MR) is 127 cm³/mol. The van der Waals surface area contributed by atoms with E-state index in [1.54, 1.807) is 36.8 Å². The summed E-state index contributed by atoms with van der Waals surface area (Å²) in [5.74, 6) is -0.0956. The molecule has 12 heteroatoms. The van der Waals surface area contributed by atoms with Crippen LogP contribution in [0.5, 0.6) is 5.75 Å². The molecule has 1 N–H and O–H groups in total. The second-order valence-corrected chi connectivity index (χ2v) is 7.74. The number of hydrogen-bond donors (Lipinski definition) is 1. The highest BCUT2D eigenvalue weighted by Crippen LogP contribution is 2.36. The largest absolute Gasteiger partial charge is 0.490 e. The zero-order chi connectivity index (χ0) is 24.4. The van der Waals surface area contributed by atoms with E-state index in [9.17, 15) is 14.9 Å². The fourth-order valence-electron chi connectivity index (χ4n) is 3.88. The summed E-state index contributed by atoms with van der Waals surface area (Å²) in [6, 6.07) is 9.75. The Bertz CT molecular complexity index is 1380. The van der Waals surface area contributed by atoms with Crippen molar-refractivity contribution in [3.63, 3.8) is 0 Å². The molecule has 0 spiro atoms. The highest BCUT2D eigenvalue weighted by Gasteiger charge is 2.21. The minimum Gasteiger partial charge on any atom is -0.490 e. The van der Waals surface area contributed by atoms with E-state index in [0.717, 1.165) is 5.69 Å². The number of aromatic nitrogens is 4. The lowest BCUT2D eigenvalue weighted by molar-refractivity contribution is -0.385. The summed E-state index contributed by atoms with van der Waals surface area (Å²) < 4.78 is 12.1. The van der Waals surface area contributed by atoms with E-state index >= 15 is 0 Å². The fraction of sp³-hybridized carbons (Fsp3) is 0.217. The van der Waals surface area contributed by atoms with Crippen molar-refractivity contribution in [2.45, 2.75) is 0 Å². The van der Waals surface area contributed by atoms with Gasteiger partial charge in [0.15, 0.2) is 17.1 Å². The van der Waals surface area contributed by atoms with Crippen LogP contribution in [0.3, 0.4) is 0 Å². The maximum Gasteiger partial charge on any atom is 0.311 e. The zero-order valence-corrected chi connectivity index (χ0v) is 18.7. The van der Waals surface area contributed by atoms with Crippen molar-refractivity contribution in [2.75, 3.05) is 43.6 Å². The third kappa shape index (κ3) is 4.46. The van der Waals surface area contributed by atoms with E-state index in [1.165, 1.54) is 23.8 Å². The molecule has 0 atom stereocenters. The van der Waals surface area contributed by atoms with Crippen LogP contribution in [0, 0.1) is 10.1 Å². The number of fused-ring (bicyclic) bond motifs is 1. The summed E-state index contributed by atoms with van der Waals surface area (Å²) in [6.07, 6.45) is 4.96. The second kappa shape index (κ2) is 9.35. The maximum atomic E-state index is 13.0. The summed E-state index contributed by atoms with van der Waals surface area (Å²) in [4.78, 5) is 34.9. The molecule has 35 heavy (non-hydrogen) atoms. The Morgan fingerprint density at radius 2 is 2.03 bits per heavy atom. The molecule has 5 rings (SSSR count). The molecule has 1 aliphatic heterocycles. The van der Waals surface area contributed by atoms with Crippen LogP contribution in [0.25, 0.3) is 16.8 Å². The van der Waals surface area contributed by atoms with Gasteiger partial charge in [0, 0.05) is 43.2 Å². The number of hydrogen-bond acceptors (Lipinski definition) is 9. The van der Waals surface area contributed by atoms with Gasteiger partial charge in [-0.15, -0.1) is 0 Å². The first-order valence-electron chi connectivity index (χ1n) is 10.8. The molecular formula is C23H21N7O5. The van der Waals surface area contributed by atoms with E-state index in [-0.39, 0.29) is 22.9 Å². The number of amides is 1. The van der Waals surface area contributed by atoms with Crippen LogP contribution in [0.1, 0.15) is 10.5 Å². The quantitative estimate of drug-likeness (QED) is 0.330. The first-order valence-corrected chi connectivity index (χ1v) is 10.8. The lowest BCUT2D eigenvalue weighted by Gasteiger charge is -2.29. The molecule has 0 aliphatic carbocycles. The molecule has 1 saturated heterocycles. The maximum absolute atomic E-state index is 13.0. The zero-order valence-electron chi connectivity index (χ0n) is 18.7. The van der Waals surface area contributed by atoms with Gasteiger partial charge in [0.2, 0.25) is 0 Å². The SMILES string of the molecule is COc1ccc(-c2cc(N3CCOCC3)cnc2NC(=O)c2cc3ncccn3n2)cc1[N+](=O)[O-]. The molecule has 0 bridgehead atoms. The van der Waals surface area contributed by atoms with Crippen molar-refractivity contribution in [1.29, 1.82) is 0 Å². The van der Waals surface area contributed by atoms with Crippen molar-refractivity contribution in [3.8, 4) is 16.9 Å². The first-order chi connectivity index (χ1) is 17.0. The molecule has 0 radical (unpaired) electrons. The van der Waals surface area contributed by atoms with Crippen LogP contribution < -0.4 is 15.0 Å². The average molecular weight is 475 g/mol. The Balaban J connectivity index is 1.55. The minimum absolute atomic E-state index is 0.138. The smallest absolute Gasteiger partial charge is 0.311 e. The van der Waals surface area contributed by atoms with Crippen molar-refractivity contribution in [2.24, 2.45) is 0 Å². The van der Waals surface area contributed by atoms with E-state index in [0.29, 0.717) is 43.1 Å². The van der Waals surface area contributed by atoms with Crippen LogP contribution in [0.4, 0.5) is 17.2 Å². The normalized spacial score (nSPS) is 13.6. The monoisotopic (exact) mass is 475 g/mol. The number of pyridine rings is 1. The lowest BCUT2D eigenvalue weighted by atomic mass is 10.0. The summed E-state index contributed by atoms with van der Waals surface area (Å²) in [5.41, 5.74) is 2.35. The van der Waals surface area contributed by atoms with E-state index < -0.39 is 10.8 Å². The summed E-state index contributed by atoms with van der Waals surface area (Å²) >= 11 is 0. The highest BCUT2D eigenvalue weighted by molar-refractivity contribution is 6.05. The summed E-state index contributed by atoms with van der Waals surface area (Å²) in [6.45, 7) is 2.54. The van der Waals surface area contributed by atoms with Gasteiger partial charge in [0.1, 0.15) is 5.82 Å². The number of methoxy groups -OCH3 is 1. The number of nitro benzene ring substituents is 1.